The molecule has 2 saturated heterocycles. The molecule has 5 heteroatoms. The van der Waals surface area contributed by atoms with Crippen LogP contribution in [0.1, 0.15) is 48.2 Å². The van der Waals surface area contributed by atoms with Crippen LogP contribution < -0.4 is 0 Å². The minimum absolute atomic E-state index is 0.0643. The van der Waals surface area contributed by atoms with Crippen molar-refractivity contribution >= 4 is 11.8 Å². The van der Waals surface area contributed by atoms with Crippen molar-refractivity contribution in [2.75, 3.05) is 26.2 Å². The van der Waals surface area contributed by atoms with Crippen LogP contribution in [0.25, 0.3) is 0 Å². The number of aromatic amines is 1. The van der Waals surface area contributed by atoms with E-state index < -0.39 is 0 Å². The van der Waals surface area contributed by atoms with E-state index in [4.69, 9.17) is 0 Å². The summed E-state index contributed by atoms with van der Waals surface area (Å²) in [5.41, 5.74) is 1.88. The molecule has 0 saturated carbocycles. The molecule has 1 aromatic heterocycles. The number of piperidine rings is 2. The minimum Gasteiger partial charge on any atom is -0.357 e. The maximum atomic E-state index is 13.0. The standard InChI is InChI=1S/C22H27N3O2/c1-2-24-16-22(15-18(20(24)26)17-7-4-3-5-8-17)10-13-25(14-11-22)21(27)19-9-6-12-23-19/h3-9,12,18,23H,2,10-11,13-16H2,1H3. The fourth-order valence-corrected chi connectivity index (χ4v) is 4.68. The van der Waals surface area contributed by atoms with Gasteiger partial charge < -0.3 is 14.8 Å². The fraction of sp³-hybridized carbons (Fsp3) is 0.455. The monoisotopic (exact) mass is 365 g/mol. The maximum Gasteiger partial charge on any atom is 0.270 e. The van der Waals surface area contributed by atoms with Gasteiger partial charge in [0.05, 0.1) is 5.92 Å². The molecule has 27 heavy (non-hydrogen) atoms. The maximum absolute atomic E-state index is 13.0. The highest BCUT2D eigenvalue weighted by molar-refractivity contribution is 5.92. The predicted octanol–water partition coefficient (Wildman–Crippen LogP) is 3.27. The number of amides is 2. The first-order chi connectivity index (χ1) is 13.1. The van der Waals surface area contributed by atoms with Crippen molar-refractivity contribution in [3.63, 3.8) is 0 Å². The third-order valence-electron chi connectivity index (χ3n) is 6.30. The number of likely N-dealkylation sites (tertiary alicyclic amines) is 2. The molecule has 1 spiro atoms. The van der Waals surface area contributed by atoms with Crippen molar-refractivity contribution in [1.29, 1.82) is 0 Å². The van der Waals surface area contributed by atoms with E-state index in [-0.39, 0.29) is 23.1 Å². The van der Waals surface area contributed by atoms with Gasteiger partial charge in [0.2, 0.25) is 5.91 Å². The van der Waals surface area contributed by atoms with Crippen molar-refractivity contribution in [3.8, 4) is 0 Å². The van der Waals surface area contributed by atoms with Gasteiger partial charge in [0.15, 0.2) is 0 Å². The second-order valence-corrected chi connectivity index (χ2v) is 7.90. The number of benzene rings is 1. The first kappa shape index (κ1) is 17.8. The van der Waals surface area contributed by atoms with Crippen LogP contribution in [0.4, 0.5) is 0 Å². The Bertz CT molecular complexity index is 792. The Labute approximate surface area is 160 Å². The zero-order chi connectivity index (χ0) is 18.9. The molecule has 4 rings (SSSR count). The number of carbonyl (C=O) groups excluding carboxylic acids is 2. The third kappa shape index (κ3) is 3.38. The van der Waals surface area contributed by atoms with Gasteiger partial charge in [-0.1, -0.05) is 30.3 Å². The molecule has 1 N–H and O–H groups in total. The number of nitrogens with one attached hydrogen (secondary N) is 1. The zero-order valence-electron chi connectivity index (χ0n) is 15.9. The molecule has 0 bridgehead atoms. The van der Waals surface area contributed by atoms with Crippen LogP contribution in [0.5, 0.6) is 0 Å². The summed E-state index contributed by atoms with van der Waals surface area (Å²) in [4.78, 5) is 32.6. The van der Waals surface area contributed by atoms with Crippen molar-refractivity contribution in [2.45, 2.75) is 32.1 Å². The number of hydrogen-bond acceptors (Lipinski definition) is 2. The normalized spacial score (nSPS) is 22.3. The molecule has 1 atom stereocenters. The fourth-order valence-electron chi connectivity index (χ4n) is 4.68. The van der Waals surface area contributed by atoms with Gasteiger partial charge in [-0.15, -0.1) is 0 Å². The minimum atomic E-state index is -0.0643. The highest BCUT2D eigenvalue weighted by Crippen LogP contribution is 2.45. The second kappa shape index (κ2) is 7.22. The summed E-state index contributed by atoms with van der Waals surface area (Å²) in [6.07, 6.45) is 4.57. The molecule has 1 aromatic carbocycles. The van der Waals surface area contributed by atoms with Crippen molar-refractivity contribution in [3.05, 3.63) is 59.9 Å². The van der Waals surface area contributed by atoms with E-state index in [9.17, 15) is 9.59 Å². The first-order valence-electron chi connectivity index (χ1n) is 9.88. The topological polar surface area (TPSA) is 56.4 Å². The average molecular weight is 365 g/mol. The lowest BCUT2D eigenvalue weighted by molar-refractivity contribution is -0.141. The van der Waals surface area contributed by atoms with E-state index in [0.717, 1.165) is 51.0 Å². The lowest BCUT2D eigenvalue weighted by Gasteiger charge is -2.49. The highest BCUT2D eigenvalue weighted by atomic mass is 16.2. The average Bonchev–Trinajstić information content (AvgIpc) is 3.25. The summed E-state index contributed by atoms with van der Waals surface area (Å²) in [5.74, 6) is 0.262. The van der Waals surface area contributed by atoms with E-state index in [1.165, 1.54) is 0 Å². The van der Waals surface area contributed by atoms with E-state index in [0.29, 0.717) is 5.69 Å². The number of nitrogens with zero attached hydrogens (tertiary/aromatic N) is 2. The molecular formula is C22H27N3O2. The molecule has 2 amide bonds. The lowest BCUT2D eigenvalue weighted by Crippen LogP contribution is -2.54. The molecule has 0 aliphatic carbocycles. The van der Waals surface area contributed by atoms with Gasteiger partial charge in [-0.05, 0) is 49.3 Å². The van der Waals surface area contributed by atoms with E-state index in [2.05, 4.69) is 24.0 Å². The Balaban J connectivity index is 1.51. The van der Waals surface area contributed by atoms with Crippen molar-refractivity contribution in [2.24, 2.45) is 5.41 Å². The summed E-state index contributed by atoms with van der Waals surface area (Å²) in [7, 11) is 0. The Morgan fingerprint density at radius 3 is 2.52 bits per heavy atom. The molecule has 1 unspecified atom stereocenters. The number of aromatic nitrogens is 1. The largest absolute Gasteiger partial charge is 0.357 e. The van der Waals surface area contributed by atoms with Gasteiger partial charge in [0.25, 0.3) is 5.91 Å². The Hall–Kier alpha value is -2.56. The Morgan fingerprint density at radius 2 is 1.89 bits per heavy atom. The summed E-state index contributed by atoms with van der Waals surface area (Å²) >= 11 is 0. The number of likely N-dealkylation sites (N-methyl/N-ethyl adjacent to an activating group) is 1. The van der Waals surface area contributed by atoms with E-state index >= 15 is 0 Å². The van der Waals surface area contributed by atoms with Gasteiger partial charge in [0, 0.05) is 32.4 Å². The third-order valence-corrected chi connectivity index (χ3v) is 6.30. The number of carbonyl (C=O) groups is 2. The van der Waals surface area contributed by atoms with Crippen molar-refractivity contribution < 1.29 is 9.59 Å². The molecule has 2 fully saturated rings. The molecule has 3 heterocycles. The van der Waals surface area contributed by atoms with Crippen LogP contribution in [-0.4, -0.2) is 52.8 Å². The number of H-pyrrole nitrogens is 1. The molecule has 142 valence electrons. The SMILES string of the molecule is CCN1CC2(CCN(C(=O)c3ccc[nH]3)CC2)CC(c2ccccc2)C1=O. The van der Waals surface area contributed by atoms with Gasteiger partial charge in [0.1, 0.15) is 5.69 Å². The number of rotatable bonds is 3. The quantitative estimate of drug-likeness (QED) is 0.908. The molecule has 2 aromatic rings. The Morgan fingerprint density at radius 1 is 1.15 bits per heavy atom. The summed E-state index contributed by atoms with van der Waals surface area (Å²) in [5, 5.41) is 0. The molecule has 0 radical (unpaired) electrons. The lowest BCUT2D eigenvalue weighted by atomic mass is 9.67. The summed E-state index contributed by atoms with van der Waals surface area (Å²) in [6, 6.07) is 13.8. The predicted molar refractivity (Wildman–Crippen MR) is 104 cm³/mol. The van der Waals surface area contributed by atoms with Gasteiger partial charge in [-0.2, -0.15) is 0 Å². The van der Waals surface area contributed by atoms with Crippen LogP contribution in [0.2, 0.25) is 0 Å². The molecule has 2 aliphatic heterocycles. The molecular weight excluding hydrogens is 338 g/mol. The number of hydrogen-bond donors (Lipinski definition) is 1. The van der Waals surface area contributed by atoms with E-state index in [1.807, 2.05) is 40.1 Å². The zero-order valence-corrected chi connectivity index (χ0v) is 15.9. The van der Waals surface area contributed by atoms with Crippen LogP contribution >= 0.6 is 0 Å². The van der Waals surface area contributed by atoms with Gasteiger partial charge in [-0.25, -0.2) is 0 Å². The van der Waals surface area contributed by atoms with Crippen LogP contribution in [-0.2, 0) is 4.79 Å². The highest BCUT2D eigenvalue weighted by Gasteiger charge is 2.46. The second-order valence-electron chi connectivity index (χ2n) is 7.90. The van der Waals surface area contributed by atoms with Crippen LogP contribution in [0.3, 0.4) is 0 Å². The molecule has 2 aliphatic rings. The Kier molecular flexibility index (Phi) is 4.77. The smallest absolute Gasteiger partial charge is 0.270 e. The molecule has 5 nitrogen and oxygen atoms in total. The summed E-state index contributed by atoms with van der Waals surface area (Å²) in [6.45, 7) is 5.13. The van der Waals surface area contributed by atoms with Crippen LogP contribution in [0, 0.1) is 5.41 Å². The first-order valence-corrected chi connectivity index (χ1v) is 9.88. The van der Waals surface area contributed by atoms with Crippen LogP contribution in [0.15, 0.2) is 48.7 Å². The van der Waals surface area contributed by atoms with Gasteiger partial charge >= 0.3 is 0 Å². The van der Waals surface area contributed by atoms with Gasteiger partial charge in [-0.3, -0.25) is 9.59 Å². The van der Waals surface area contributed by atoms with E-state index in [1.54, 1.807) is 6.20 Å². The summed E-state index contributed by atoms with van der Waals surface area (Å²) < 4.78 is 0. The van der Waals surface area contributed by atoms with Crippen molar-refractivity contribution in [1.82, 2.24) is 14.8 Å².